The number of amides is 1. The van der Waals surface area contributed by atoms with Gasteiger partial charge >= 0.3 is 0 Å². The number of thiazole rings is 1. The van der Waals surface area contributed by atoms with Crippen molar-refractivity contribution >= 4 is 23.1 Å². The normalized spacial score (nSPS) is 23.2. The molecule has 2 aromatic rings. The maximum absolute atomic E-state index is 12.8. The van der Waals surface area contributed by atoms with E-state index >= 15 is 0 Å². The summed E-state index contributed by atoms with van der Waals surface area (Å²) in [5.41, 5.74) is 3.36. The number of hydrogen-bond donors (Lipinski definition) is 0. The van der Waals surface area contributed by atoms with Crippen LogP contribution in [0.4, 0.5) is 5.82 Å². The molecule has 7 heteroatoms. The van der Waals surface area contributed by atoms with E-state index in [9.17, 15) is 4.79 Å². The molecular formula is C17H17N5OS. The number of carbonyl (C=O) groups excluding carboxylic acids is 1. The van der Waals surface area contributed by atoms with Crippen molar-refractivity contribution in [2.24, 2.45) is 5.92 Å². The van der Waals surface area contributed by atoms with Gasteiger partial charge in [0.1, 0.15) is 5.82 Å². The molecule has 2 bridgehead atoms. The summed E-state index contributed by atoms with van der Waals surface area (Å²) in [5.74, 6) is 1.00. The molecule has 0 aromatic carbocycles. The molecule has 3 aliphatic heterocycles. The number of anilines is 1. The lowest BCUT2D eigenvalue weighted by molar-refractivity contribution is -0.140. The number of hydrogen-bond acceptors (Lipinski definition) is 6. The Balaban J connectivity index is 1.59. The molecule has 0 radical (unpaired) electrons. The van der Waals surface area contributed by atoms with Crippen LogP contribution >= 0.6 is 11.3 Å². The molecule has 3 saturated heterocycles. The Bertz CT molecular complexity index is 785. The molecule has 3 fully saturated rings. The number of nitriles is 1. The van der Waals surface area contributed by atoms with Crippen molar-refractivity contribution in [3.8, 4) is 6.07 Å². The van der Waals surface area contributed by atoms with Crippen LogP contribution in [0.5, 0.6) is 0 Å². The number of aromatic nitrogens is 2. The fourth-order valence-corrected chi connectivity index (χ4v) is 4.14. The minimum absolute atomic E-state index is 0.00470. The Morgan fingerprint density at radius 2 is 2.25 bits per heavy atom. The van der Waals surface area contributed by atoms with Crippen molar-refractivity contribution in [1.29, 1.82) is 5.26 Å². The summed E-state index contributed by atoms with van der Waals surface area (Å²) in [5, 5.41) is 11.1. The summed E-state index contributed by atoms with van der Waals surface area (Å²) in [6.45, 7) is 2.02. The molecule has 122 valence electrons. The van der Waals surface area contributed by atoms with Gasteiger partial charge in [-0.15, -0.1) is 11.3 Å². The second-order valence-electron chi connectivity index (χ2n) is 6.29. The molecule has 6 nitrogen and oxygen atoms in total. The summed E-state index contributed by atoms with van der Waals surface area (Å²) < 4.78 is 0. The van der Waals surface area contributed by atoms with Crippen LogP contribution in [0.25, 0.3) is 0 Å². The fraction of sp³-hybridized carbons (Fsp3) is 0.412. The van der Waals surface area contributed by atoms with E-state index in [0.29, 0.717) is 18.7 Å². The zero-order chi connectivity index (χ0) is 16.5. The zero-order valence-corrected chi connectivity index (χ0v) is 13.9. The van der Waals surface area contributed by atoms with Crippen LogP contribution in [0.15, 0.2) is 29.2 Å². The van der Waals surface area contributed by atoms with Crippen LogP contribution in [-0.2, 0) is 11.3 Å². The highest BCUT2D eigenvalue weighted by molar-refractivity contribution is 7.07. The fourth-order valence-electron chi connectivity index (χ4n) is 3.59. The van der Waals surface area contributed by atoms with Gasteiger partial charge < -0.3 is 9.80 Å². The van der Waals surface area contributed by atoms with Crippen molar-refractivity contribution in [2.45, 2.75) is 25.4 Å². The van der Waals surface area contributed by atoms with Gasteiger partial charge in [-0.05, 0) is 25.0 Å². The average Bonchev–Trinajstić information content (AvgIpc) is 2.98. The van der Waals surface area contributed by atoms with Crippen molar-refractivity contribution < 1.29 is 4.79 Å². The molecule has 24 heavy (non-hydrogen) atoms. The molecule has 0 aliphatic carbocycles. The van der Waals surface area contributed by atoms with Crippen LogP contribution in [0.2, 0.25) is 0 Å². The molecule has 5 heterocycles. The molecule has 0 saturated carbocycles. The Hall–Kier alpha value is -2.46. The third-order valence-corrected chi connectivity index (χ3v) is 5.44. The average molecular weight is 339 g/mol. The van der Waals surface area contributed by atoms with Gasteiger partial charge in [-0.25, -0.2) is 9.97 Å². The first-order valence-corrected chi connectivity index (χ1v) is 8.97. The predicted octanol–water partition coefficient (Wildman–Crippen LogP) is 2.04. The maximum atomic E-state index is 12.8. The van der Waals surface area contributed by atoms with Crippen molar-refractivity contribution in [3.63, 3.8) is 0 Å². The molecular weight excluding hydrogens is 322 g/mol. The van der Waals surface area contributed by atoms with Crippen molar-refractivity contribution in [3.05, 3.63) is 40.5 Å². The summed E-state index contributed by atoms with van der Waals surface area (Å²) in [7, 11) is 0. The summed E-state index contributed by atoms with van der Waals surface area (Å²) in [4.78, 5) is 25.7. The first-order chi connectivity index (χ1) is 11.7. The molecule has 2 aromatic heterocycles. The summed E-state index contributed by atoms with van der Waals surface area (Å²) >= 11 is 1.56. The van der Waals surface area contributed by atoms with Crippen molar-refractivity contribution in [2.75, 3.05) is 18.0 Å². The number of rotatable bonds is 3. The SMILES string of the molecule is N#Cc1ccnc(N2C[C@@H]3CC[C@H](C2)N(Cc2cscn2)C3=O)c1. The van der Waals surface area contributed by atoms with E-state index in [2.05, 4.69) is 20.9 Å². The van der Waals surface area contributed by atoms with Gasteiger partial charge in [-0.1, -0.05) is 0 Å². The zero-order valence-electron chi connectivity index (χ0n) is 13.1. The highest BCUT2D eigenvalue weighted by Gasteiger charge is 2.41. The lowest BCUT2D eigenvalue weighted by atomic mass is 9.94. The second-order valence-corrected chi connectivity index (χ2v) is 7.01. The Kier molecular flexibility index (Phi) is 3.90. The number of piperidine rings is 1. The first kappa shape index (κ1) is 15.1. The monoisotopic (exact) mass is 339 g/mol. The highest BCUT2D eigenvalue weighted by atomic mass is 32.1. The third kappa shape index (κ3) is 2.74. The minimum atomic E-state index is -0.00470. The van der Waals surface area contributed by atoms with E-state index < -0.39 is 0 Å². The van der Waals surface area contributed by atoms with E-state index in [1.165, 1.54) is 0 Å². The minimum Gasteiger partial charge on any atom is -0.354 e. The quantitative estimate of drug-likeness (QED) is 0.855. The molecule has 0 unspecified atom stereocenters. The van der Waals surface area contributed by atoms with E-state index in [1.54, 1.807) is 35.2 Å². The molecule has 1 amide bonds. The lowest BCUT2D eigenvalue weighted by Crippen LogP contribution is -2.47. The van der Waals surface area contributed by atoms with Gasteiger partial charge in [0.05, 0.1) is 35.3 Å². The summed E-state index contributed by atoms with van der Waals surface area (Å²) in [6.07, 6.45) is 3.59. The maximum Gasteiger partial charge on any atom is 0.228 e. The van der Waals surface area contributed by atoms with E-state index in [-0.39, 0.29) is 17.9 Å². The first-order valence-electron chi connectivity index (χ1n) is 8.03. The Morgan fingerprint density at radius 3 is 3.04 bits per heavy atom. The number of pyridine rings is 1. The van der Waals surface area contributed by atoms with Crippen molar-refractivity contribution in [1.82, 2.24) is 14.9 Å². The standard InChI is InChI=1S/C17H17N5OS/c18-6-12-3-4-19-16(5-12)21-7-13-1-2-15(9-21)22(17(13)23)8-14-10-24-11-20-14/h3-5,10-11,13,15H,1-2,7-9H2/t13-,15+/m0/s1. The number of carbonyl (C=O) groups is 1. The van der Waals surface area contributed by atoms with Gasteiger partial charge in [0, 0.05) is 30.7 Å². The third-order valence-electron chi connectivity index (χ3n) is 4.81. The molecule has 3 aliphatic rings. The van der Waals surface area contributed by atoms with Crippen LogP contribution in [0.1, 0.15) is 24.1 Å². The van der Waals surface area contributed by atoms with Gasteiger partial charge in [0.2, 0.25) is 5.91 Å². The van der Waals surface area contributed by atoms with E-state index in [4.69, 9.17) is 5.26 Å². The Labute approximate surface area is 144 Å². The lowest BCUT2D eigenvalue weighted by Gasteiger charge is -2.35. The van der Waals surface area contributed by atoms with Gasteiger partial charge in [0.15, 0.2) is 0 Å². The van der Waals surface area contributed by atoms with Crippen LogP contribution in [0.3, 0.4) is 0 Å². The topological polar surface area (TPSA) is 73.1 Å². The van der Waals surface area contributed by atoms with E-state index in [1.807, 2.05) is 10.3 Å². The smallest absolute Gasteiger partial charge is 0.228 e. The van der Waals surface area contributed by atoms with Crippen LogP contribution < -0.4 is 4.90 Å². The van der Waals surface area contributed by atoms with Gasteiger partial charge in [-0.2, -0.15) is 5.26 Å². The Morgan fingerprint density at radius 1 is 1.33 bits per heavy atom. The van der Waals surface area contributed by atoms with Crippen LogP contribution in [-0.4, -0.2) is 39.9 Å². The van der Waals surface area contributed by atoms with Crippen LogP contribution in [0, 0.1) is 17.2 Å². The molecule has 2 atom stereocenters. The second kappa shape index (κ2) is 6.21. The van der Waals surface area contributed by atoms with Gasteiger partial charge in [0.25, 0.3) is 0 Å². The molecule has 0 N–H and O–H groups in total. The summed E-state index contributed by atoms with van der Waals surface area (Å²) in [6, 6.07) is 5.84. The van der Waals surface area contributed by atoms with Gasteiger partial charge in [-0.3, -0.25) is 4.79 Å². The largest absolute Gasteiger partial charge is 0.354 e. The highest BCUT2D eigenvalue weighted by Crippen LogP contribution is 2.32. The van der Waals surface area contributed by atoms with E-state index in [0.717, 1.165) is 30.9 Å². The number of nitrogens with zero attached hydrogens (tertiary/aromatic N) is 5. The number of fused-ring (bicyclic) bond motifs is 4. The molecule has 5 rings (SSSR count). The predicted molar refractivity (Wildman–Crippen MR) is 90.3 cm³/mol. The molecule has 0 spiro atoms.